The summed E-state index contributed by atoms with van der Waals surface area (Å²) in [6.07, 6.45) is -26.9. The maximum atomic E-state index is 13.7. The SMILES string of the molecule is CCCCCCCC(F)(F)C(F)(F)C(F)(F)C(F)(F)C(F)(F)C(F)(F)C(F)(F)C(F)(F)OC(F)(F)C(F)(F)F. The van der Waals surface area contributed by atoms with E-state index in [-0.39, 0.29) is 12.8 Å². The Morgan fingerprint density at radius 1 is 0.385 bits per heavy atom. The fourth-order valence-electron chi connectivity index (χ4n) is 2.59. The Labute approximate surface area is 203 Å². The third-order valence-corrected chi connectivity index (χ3v) is 4.98. The minimum Gasteiger partial charge on any atom is -0.243 e. The van der Waals surface area contributed by atoms with Crippen molar-refractivity contribution in [2.45, 2.75) is 105 Å². The molecule has 0 aromatic carbocycles. The number of ether oxygens (including phenoxy) is 1. The Bertz CT molecular complexity index is 812. The third kappa shape index (κ3) is 6.08. The Morgan fingerprint density at radius 3 is 1.08 bits per heavy atom. The monoisotopic (exact) mass is 634 g/mol. The van der Waals surface area contributed by atoms with Gasteiger partial charge in [-0.15, -0.1) is 0 Å². The van der Waals surface area contributed by atoms with Crippen molar-refractivity contribution in [1.29, 1.82) is 0 Å². The van der Waals surface area contributed by atoms with E-state index in [0.717, 1.165) is 4.74 Å². The van der Waals surface area contributed by atoms with Gasteiger partial charge in [0, 0.05) is 6.42 Å². The van der Waals surface area contributed by atoms with Gasteiger partial charge in [0.25, 0.3) is 0 Å². The first-order chi connectivity index (χ1) is 16.8. The van der Waals surface area contributed by atoms with Crippen LogP contribution in [0, 0.1) is 0 Å². The first-order valence-electron chi connectivity index (χ1n) is 9.94. The van der Waals surface area contributed by atoms with E-state index in [0.29, 0.717) is 6.42 Å². The zero-order chi connectivity index (χ0) is 31.9. The van der Waals surface area contributed by atoms with Crippen LogP contribution in [0.25, 0.3) is 0 Å². The summed E-state index contributed by atoms with van der Waals surface area (Å²) in [5.74, 6) is -58.2. The summed E-state index contributed by atoms with van der Waals surface area (Å²) in [6.45, 7) is 1.54. The van der Waals surface area contributed by atoms with Crippen molar-refractivity contribution < 1.29 is 96.9 Å². The molecule has 0 spiro atoms. The topological polar surface area (TPSA) is 9.23 Å². The molecule has 0 saturated heterocycles. The second kappa shape index (κ2) is 10.7. The van der Waals surface area contributed by atoms with Gasteiger partial charge in [0.15, 0.2) is 0 Å². The average molecular weight is 634 g/mol. The predicted octanol–water partition coefficient (Wildman–Crippen LogP) is 9.56. The van der Waals surface area contributed by atoms with Gasteiger partial charge in [-0.3, -0.25) is 0 Å². The molecule has 0 N–H and O–H groups in total. The quantitative estimate of drug-likeness (QED) is 0.129. The first-order valence-corrected chi connectivity index (χ1v) is 9.94. The van der Waals surface area contributed by atoms with Crippen molar-refractivity contribution in [3.8, 4) is 0 Å². The van der Waals surface area contributed by atoms with E-state index in [1.54, 1.807) is 0 Å². The molecule has 0 aliphatic rings. The van der Waals surface area contributed by atoms with Gasteiger partial charge in [-0.2, -0.15) is 92.2 Å². The number of unbranched alkanes of at least 4 members (excludes halogenated alkanes) is 4. The average Bonchev–Trinajstić information content (AvgIpc) is 2.70. The molecule has 0 aromatic heterocycles. The van der Waals surface area contributed by atoms with Crippen molar-refractivity contribution in [2.24, 2.45) is 0 Å². The lowest BCUT2D eigenvalue weighted by Crippen LogP contribution is -2.75. The van der Waals surface area contributed by atoms with Crippen LogP contribution in [0.3, 0.4) is 0 Å². The molecule has 1 nitrogen and oxygen atoms in total. The lowest BCUT2D eigenvalue weighted by atomic mass is 9.87. The molecule has 39 heavy (non-hydrogen) atoms. The van der Waals surface area contributed by atoms with Crippen LogP contribution < -0.4 is 0 Å². The number of hydrogen-bond donors (Lipinski definition) is 0. The minimum atomic E-state index is -8.98. The van der Waals surface area contributed by atoms with Crippen LogP contribution in [-0.4, -0.2) is 59.9 Å². The van der Waals surface area contributed by atoms with Gasteiger partial charge >= 0.3 is 59.9 Å². The fourth-order valence-corrected chi connectivity index (χ4v) is 2.59. The molecule has 0 aromatic rings. The Balaban J connectivity index is 6.57. The van der Waals surface area contributed by atoms with Crippen LogP contribution in [0.15, 0.2) is 0 Å². The molecule has 22 heteroatoms. The van der Waals surface area contributed by atoms with Crippen LogP contribution >= 0.6 is 0 Å². The Morgan fingerprint density at radius 2 is 0.718 bits per heavy atom. The largest absolute Gasteiger partial charge is 0.483 e. The Kier molecular flexibility index (Phi) is 10.3. The Hall–Kier alpha value is -1.51. The highest BCUT2D eigenvalue weighted by atomic mass is 19.4. The molecule has 0 rings (SSSR count). The van der Waals surface area contributed by atoms with Crippen LogP contribution in [0.5, 0.6) is 0 Å². The van der Waals surface area contributed by atoms with E-state index in [4.69, 9.17) is 0 Å². The van der Waals surface area contributed by atoms with Gasteiger partial charge in [0.05, 0.1) is 0 Å². The van der Waals surface area contributed by atoms with E-state index in [9.17, 15) is 92.2 Å². The van der Waals surface area contributed by atoms with Gasteiger partial charge in [-0.05, 0) is 6.42 Å². The van der Waals surface area contributed by atoms with Crippen molar-refractivity contribution in [2.75, 3.05) is 0 Å². The van der Waals surface area contributed by atoms with Gasteiger partial charge < -0.3 is 0 Å². The van der Waals surface area contributed by atoms with Crippen LogP contribution in [0.4, 0.5) is 92.2 Å². The van der Waals surface area contributed by atoms with Crippen LogP contribution in [0.1, 0.15) is 45.4 Å². The highest BCUT2D eigenvalue weighted by Gasteiger charge is 2.95. The van der Waals surface area contributed by atoms with E-state index in [1.165, 1.54) is 6.92 Å². The summed E-state index contributed by atoms with van der Waals surface area (Å²) in [7, 11) is 0. The molecular weight excluding hydrogens is 619 g/mol. The highest BCUT2D eigenvalue weighted by Crippen LogP contribution is 2.64. The molecule has 0 fully saturated rings. The van der Waals surface area contributed by atoms with Crippen molar-refractivity contribution in [3.05, 3.63) is 0 Å². The van der Waals surface area contributed by atoms with Crippen LogP contribution in [0.2, 0.25) is 0 Å². The summed E-state index contributed by atoms with van der Waals surface area (Å²) < 4.78 is 279. The smallest absolute Gasteiger partial charge is 0.243 e. The van der Waals surface area contributed by atoms with Gasteiger partial charge in [-0.1, -0.05) is 32.6 Å². The normalized spacial score (nSPS) is 16.2. The molecule has 0 aliphatic heterocycles. The standard InChI is InChI=1S/C17H15F21O/c1-2-3-4-5-6-7-8(18,19)9(20,21)10(22,23)11(24,25)12(26,27)13(28,29)14(30,31)16(35,36)39-17(37,38)15(32,33)34/h2-7H2,1H3. The third-order valence-electron chi connectivity index (χ3n) is 4.98. The number of hydrogen-bond acceptors (Lipinski definition) is 1. The van der Waals surface area contributed by atoms with Gasteiger partial charge in [0.2, 0.25) is 0 Å². The summed E-state index contributed by atoms with van der Waals surface area (Å²) in [5.41, 5.74) is 0. The summed E-state index contributed by atoms with van der Waals surface area (Å²) in [6, 6.07) is 0. The summed E-state index contributed by atoms with van der Waals surface area (Å²) in [4.78, 5) is 0. The first kappa shape index (κ1) is 37.5. The second-order valence-electron chi connectivity index (χ2n) is 7.95. The number of rotatable bonds is 15. The zero-order valence-electron chi connectivity index (χ0n) is 18.6. The van der Waals surface area contributed by atoms with E-state index < -0.39 is 79.1 Å². The molecule has 0 aliphatic carbocycles. The van der Waals surface area contributed by atoms with Gasteiger partial charge in [-0.25, -0.2) is 4.74 Å². The van der Waals surface area contributed by atoms with Gasteiger partial charge in [0.1, 0.15) is 0 Å². The van der Waals surface area contributed by atoms with Crippen LogP contribution in [-0.2, 0) is 4.74 Å². The van der Waals surface area contributed by atoms with Crippen molar-refractivity contribution in [1.82, 2.24) is 0 Å². The van der Waals surface area contributed by atoms with Crippen molar-refractivity contribution in [3.63, 3.8) is 0 Å². The van der Waals surface area contributed by atoms with E-state index >= 15 is 0 Å². The molecule has 236 valence electrons. The molecule has 0 amide bonds. The van der Waals surface area contributed by atoms with Crippen molar-refractivity contribution >= 4 is 0 Å². The minimum absolute atomic E-state index is 0.0340. The number of halogens is 21. The second-order valence-corrected chi connectivity index (χ2v) is 7.95. The molecule has 0 radical (unpaired) electrons. The molecule has 0 bridgehead atoms. The zero-order valence-corrected chi connectivity index (χ0v) is 18.6. The predicted molar refractivity (Wildman–Crippen MR) is 85.0 cm³/mol. The summed E-state index contributed by atoms with van der Waals surface area (Å²) >= 11 is 0. The lowest BCUT2D eigenvalue weighted by Gasteiger charge is -2.43. The fraction of sp³-hybridized carbons (Fsp3) is 1.00. The highest BCUT2D eigenvalue weighted by molar-refractivity contribution is 5.15. The molecule has 0 unspecified atom stereocenters. The summed E-state index contributed by atoms with van der Waals surface area (Å²) in [5, 5.41) is 0. The van der Waals surface area contributed by atoms with E-state index in [2.05, 4.69) is 0 Å². The molecule has 0 saturated carbocycles. The molecule has 0 heterocycles. The lowest BCUT2D eigenvalue weighted by molar-refractivity contribution is -0.519. The molecular formula is C17H15F21O. The number of alkyl halides is 21. The maximum Gasteiger partial charge on any atom is 0.483 e. The maximum absolute atomic E-state index is 13.7. The van der Waals surface area contributed by atoms with E-state index in [1.807, 2.05) is 0 Å². The molecule has 0 atom stereocenters.